The number of hydrogen-bond donors (Lipinski definition) is 0. The highest BCUT2D eigenvalue weighted by Crippen LogP contribution is 2.36. The van der Waals surface area contributed by atoms with E-state index in [4.69, 9.17) is 4.74 Å². The minimum absolute atomic E-state index is 0.196. The van der Waals surface area contributed by atoms with E-state index in [1.54, 1.807) is 10.7 Å². The molecule has 156 valence electrons. The summed E-state index contributed by atoms with van der Waals surface area (Å²) in [4.78, 5) is 21.2. The molecule has 8 heteroatoms. The molecule has 2 bridgehead atoms. The number of ether oxygens (including phenoxy) is 1. The Balaban J connectivity index is 1.29. The van der Waals surface area contributed by atoms with Crippen LogP contribution in [0.2, 0.25) is 0 Å². The summed E-state index contributed by atoms with van der Waals surface area (Å²) in [6.45, 7) is 7.29. The molecule has 1 aromatic carbocycles. The van der Waals surface area contributed by atoms with Crippen LogP contribution in [0.1, 0.15) is 27.2 Å². The number of fused-ring (bicyclic) bond motifs is 3. The maximum atomic E-state index is 12.5. The Kier molecular flexibility index (Phi) is 4.50. The molecule has 0 aliphatic carbocycles. The molecule has 0 spiro atoms. The quantitative estimate of drug-likeness (QED) is 0.557. The number of amides is 1. The molecule has 0 radical (unpaired) electrons. The second kappa shape index (κ2) is 6.97. The normalized spacial score (nSPS) is 20.9. The molecule has 2 unspecified atom stereocenters. The fourth-order valence-electron chi connectivity index (χ4n) is 4.37. The number of halogens is 1. The van der Waals surface area contributed by atoms with Gasteiger partial charge in [-0.05, 0) is 60.8 Å². The van der Waals surface area contributed by atoms with Gasteiger partial charge < -0.3 is 14.5 Å². The first-order valence-corrected chi connectivity index (χ1v) is 10.9. The predicted molar refractivity (Wildman–Crippen MR) is 119 cm³/mol. The molecule has 0 N–H and O–H groups in total. The average molecular weight is 470 g/mol. The zero-order chi connectivity index (χ0) is 21.0. The van der Waals surface area contributed by atoms with Crippen molar-refractivity contribution in [2.24, 2.45) is 0 Å². The topological polar surface area (TPSA) is 63.0 Å². The van der Waals surface area contributed by atoms with Gasteiger partial charge in [-0.25, -0.2) is 14.3 Å². The molecule has 3 aromatic rings. The summed E-state index contributed by atoms with van der Waals surface area (Å²) in [6, 6.07) is 9.10. The molecule has 2 atom stereocenters. The van der Waals surface area contributed by atoms with Gasteiger partial charge in [0.1, 0.15) is 5.60 Å². The summed E-state index contributed by atoms with van der Waals surface area (Å²) < 4.78 is 8.22. The number of rotatable bonds is 2. The van der Waals surface area contributed by atoms with Crippen molar-refractivity contribution in [1.29, 1.82) is 0 Å². The number of hydrogen-bond acceptors (Lipinski definition) is 5. The Hall–Kier alpha value is -2.61. The van der Waals surface area contributed by atoms with Crippen LogP contribution in [0.25, 0.3) is 16.8 Å². The molecule has 0 saturated carbocycles. The molecular formula is C22H24BrN5O2. The van der Waals surface area contributed by atoms with Crippen LogP contribution >= 0.6 is 15.9 Å². The van der Waals surface area contributed by atoms with E-state index in [2.05, 4.69) is 55.2 Å². The second-order valence-corrected chi connectivity index (χ2v) is 9.83. The minimum atomic E-state index is -0.460. The van der Waals surface area contributed by atoms with Crippen LogP contribution in [0.3, 0.4) is 0 Å². The number of benzene rings is 1. The van der Waals surface area contributed by atoms with Gasteiger partial charge in [-0.15, -0.1) is 0 Å². The van der Waals surface area contributed by atoms with Crippen LogP contribution < -0.4 is 4.90 Å². The standard InChI is InChI=1S/C22H24BrN5O2/c1-22(2,3)30-21(29)27-13-17-8-18(27)12-26(17)16-6-4-14(5-7-16)15-9-24-20-19(23)10-25-28(20)11-15/h4-7,9-11,17-18H,8,12-13H2,1-3H3. The summed E-state index contributed by atoms with van der Waals surface area (Å²) in [5.41, 5.74) is 3.64. The highest BCUT2D eigenvalue weighted by Gasteiger charge is 2.46. The van der Waals surface area contributed by atoms with Crippen molar-refractivity contribution in [3.8, 4) is 11.1 Å². The number of carbonyl (C=O) groups excluding carboxylic acids is 1. The van der Waals surface area contributed by atoms with Gasteiger partial charge >= 0.3 is 6.09 Å². The van der Waals surface area contributed by atoms with Crippen LogP contribution in [0.15, 0.2) is 47.3 Å². The van der Waals surface area contributed by atoms with Crippen LogP contribution in [-0.4, -0.2) is 56.4 Å². The molecule has 2 fully saturated rings. The Morgan fingerprint density at radius 2 is 1.87 bits per heavy atom. The molecule has 1 amide bonds. The van der Waals surface area contributed by atoms with Gasteiger partial charge in [0.05, 0.1) is 16.7 Å². The first kappa shape index (κ1) is 19.4. The third kappa shape index (κ3) is 3.43. The van der Waals surface area contributed by atoms with E-state index in [-0.39, 0.29) is 12.1 Å². The maximum Gasteiger partial charge on any atom is 0.410 e. The Bertz CT molecular complexity index is 1100. The van der Waals surface area contributed by atoms with Crippen LogP contribution in [0.4, 0.5) is 10.5 Å². The lowest BCUT2D eigenvalue weighted by atomic mass is 10.1. The third-order valence-electron chi connectivity index (χ3n) is 5.71. The summed E-state index contributed by atoms with van der Waals surface area (Å²) in [7, 11) is 0. The Morgan fingerprint density at radius 1 is 1.10 bits per heavy atom. The van der Waals surface area contributed by atoms with Crippen molar-refractivity contribution < 1.29 is 9.53 Å². The van der Waals surface area contributed by atoms with Gasteiger partial charge in [-0.3, -0.25) is 0 Å². The smallest absolute Gasteiger partial charge is 0.410 e. The highest BCUT2D eigenvalue weighted by molar-refractivity contribution is 9.10. The van der Waals surface area contributed by atoms with Crippen molar-refractivity contribution in [2.75, 3.05) is 18.0 Å². The van der Waals surface area contributed by atoms with E-state index < -0.39 is 5.60 Å². The number of carbonyl (C=O) groups is 1. The SMILES string of the molecule is CC(C)(C)OC(=O)N1CC2CC1CN2c1ccc(-c2cnc3c(Br)cnn3c2)cc1. The van der Waals surface area contributed by atoms with Crippen molar-refractivity contribution in [3.05, 3.63) is 47.3 Å². The Labute approximate surface area is 183 Å². The largest absolute Gasteiger partial charge is 0.444 e. The monoisotopic (exact) mass is 469 g/mol. The maximum absolute atomic E-state index is 12.5. The van der Waals surface area contributed by atoms with E-state index in [0.29, 0.717) is 6.04 Å². The molecule has 2 aliphatic heterocycles. The zero-order valence-electron chi connectivity index (χ0n) is 17.2. The second-order valence-electron chi connectivity index (χ2n) is 8.98. The van der Waals surface area contributed by atoms with Crippen molar-refractivity contribution in [2.45, 2.75) is 44.9 Å². The predicted octanol–water partition coefficient (Wildman–Crippen LogP) is 4.36. The molecule has 2 aromatic heterocycles. The lowest BCUT2D eigenvalue weighted by molar-refractivity contribution is 0.0215. The number of likely N-dealkylation sites (tertiary alicyclic amines) is 1. The van der Waals surface area contributed by atoms with Crippen molar-refractivity contribution >= 4 is 33.4 Å². The van der Waals surface area contributed by atoms with Crippen molar-refractivity contribution in [1.82, 2.24) is 19.5 Å². The molecule has 2 saturated heterocycles. The van der Waals surface area contributed by atoms with Gasteiger partial charge in [-0.2, -0.15) is 5.10 Å². The molecule has 30 heavy (non-hydrogen) atoms. The third-order valence-corrected chi connectivity index (χ3v) is 6.27. The summed E-state index contributed by atoms with van der Waals surface area (Å²) in [5, 5.41) is 4.31. The fourth-order valence-corrected chi connectivity index (χ4v) is 4.74. The van der Waals surface area contributed by atoms with Gasteiger partial charge in [0.15, 0.2) is 5.65 Å². The number of piperazine rings is 1. The Morgan fingerprint density at radius 3 is 2.53 bits per heavy atom. The van der Waals surface area contributed by atoms with Crippen LogP contribution in [0.5, 0.6) is 0 Å². The van der Waals surface area contributed by atoms with Gasteiger partial charge in [0, 0.05) is 42.8 Å². The van der Waals surface area contributed by atoms with E-state index in [9.17, 15) is 4.79 Å². The first-order valence-electron chi connectivity index (χ1n) is 10.1. The molecule has 7 nitrogen and oxygen atoms in total. The number of aromatic nitrogens is 3. The molecular weight excluding hydrogens is 446 g/mol. The van der Waals surface area contributed by atoms with E-state index in [1.165, 1.54) is 5.69 Å². The number of nitrogens with zero attached hydrogens (tertiary/aromatic N) is 5. The zero-order valence-corrected chi connectivity index (χ0v) is 18.8. The lowest BCUT2D eigenvalue weighted by Crippen LogP contribution is -2.50. The fraction of sp³-hybridized carbons (Fsp3) is 0.409. The summed E-state index contributed by atoms with van der Waals surface area (Å²) >= 11 is 3.45. The average Bonchev–Trinajstić information content (AvgIpc) is 3.41. The molecule has 5 rings (SSSR count). The lowest BCUT2D eigenvalue weighted by Gasteiger charge is -2.36. The van der Waals surface area contributed by atoms with Gasteiger partial charge in [0.25, 0.3) is 0 Å². The van der Waals surface area contributed by atoms with Crippen LogP contribution in [0, 0.1) is 0 Å². The van der Waals surface area contributed by atoms with E-state index in [0.717, 1.165) is 40.8 Å². The van der Waals surface area contributed by atoms with Crippen molar-refractivity contribution in [3.63, 3.8) is 0 Å². The summed E-state index contributed by atoms with van der Waals surface area (Å²) in [5.74, 6) is 0. The first-order chi connectivity index (χ1) is 14.3. The summed E-state index contributed by atoms with van der Waals surface area (Å²) in [6.07, 6.45) is 6.40. The van der Waals surface area contributed by atoms with Crippen LogP contribution in [-0.2, 0) is 4.74 Å². The van der Waals surface area contributed by atoms with E-state index >= 15 is 0 Å². The molecule has 2 aliphatic rings. The van der Waals surface area contributed by atoms with E-state index in [1.807, 2.05) is 38.1 Å². The van der Waals surface area contributed by atoms with Gasteiger partial charge in [-0.1, -0.05) is 12.1 Å². The minimum Gasteiger partial charge on any atom is -0.444 e. The highest BCUT2D eigenvalue weighted by atomic mass is 79.9. The van der Waals surface area contributed by atoms with Gasteiger partial charge in [0.2, 0.25) is 0 Å². The molecule has 4 heterocycles. The number of anilines is 1.